The molecule has 0 aliphatic rings. The lowest BCUT2D eigenvalue weighted by molar-refractivity contribution is 0.205. The molecule has 0 saturated heterocycles. The fraction of sp³-hybridized carbons (Fsp3) is 0.455. The lowest BCUT2D eigenvalue weighted by Crippen LogP contribution is -1.99. The van der Waals surface area contributed by atoms with Crippen molar-refractivity contribution in [3.8, 4) is 5.75 Å². The van der Waals surface area contributed by atoms with Crippen molar-refractivity contribution in [1.29, 1.82) is 0 Å². The van der Waals surface area contributed by atoms with Gasteiger partial charge in [-0.3, -0.25) is 0 Å². The Morgan fingerprint density at radius 3 is 2.50 bits per heavy atom. The zero-order valence-electron chi connectivity index (χ0n) is 8.24. The van der Waals surface area contributed by atoms with Gasteiger partial charge in [-0.1, -0.05) is 35.0 Å². The molecule has 1 N–H and O–H groups in total. The number of halogens is 1. The van der Waals surface area contributed by atoms with Gasteiger partial charge in [0.25, 0.3) is 0 Å². The van der Waals surface area contributed by atoms with Crippen LogP contribution in [0.25, 0.3) is 0 Å². The monoisotopic (exact) mass is 258 g/mol. The maximum absolute atomic E-state index is 9.51. The molecule has 1 rings (SSSR count). The molecular weight excluding hydrogens is 244 g/mol. The van der Waals surface area contributed by atoms with Crippen molar-refractivity contribution in [2.75, 3.05) is 11.9 Å². The van der Waals surface area contributed by atoms with Gasteiger partial charge in [0.2, 0.25) is 0 Å². The molecule has 0 unspecified atom stereocenters. The highest BCUT2D eigenvalue weighted by Gasteiger charge is 2.04. The standard InChI is InChI=1S/C11H15BrO2/c1-2-7-14-10-5-3-9(4-6-10)11(13)8-12/h3-6,11,13H,2,7-8H2,1H3/t11-/m1/s1. The Morgan fingerprint density at radius 2 is 2.00 bits per heavy atom. The average Bonchev–Trinajstić information content (AvgIpc) is 2.26. The van der Waals surface area contributed by atoms with Crippen LogP contribution in [0.15, 0.2) is 24.3 Å². The summed E-state index contributed by atoms with van der Waals surface area (Å²) in [7, 11) is 0. The average molecular weight is 259 g/mol. The van der Waals surface area contributed by atoms with Crippen LogP contribution in [-0.2, 0) is 0 Å². The van der Waals surface area contributed by atoms with E-state index in [9.17, 15) is 5.11 Å². The number of benzene rings is 1. The Bertz CT molecular complexity index is 258. The molecule has 0 aromatic heterocycles. The van der Waals surface area contributed by atoms with Crippen LogP contribution in [0.2, 0.25) is 0 Å². The van der Waals surface area contributed by atoms with E-state index >= 15 is 0 Å². The predicted molar refractivity (Wildman–Crippen MR) is 61.0 cm³/mol. The zero-order chi connectivity index (χ0) is 10.4. The van der Waals surface area contributed by atoms with E-state index < -0.39 is 6.10 Å². The molecule has 0 radical (unpaired) electrons. The number of rotatable bonds is 5. The maximum atomic E-state index is 9.51. The molecule has 0 spiro atoms. The summed E-state index contributed by atoms with van der Waals surface area (Å²) < 4.78 is 5.43. The fourth-order valence-electron chi connectivity index (χ4n) is 1.10. The fourth-order valence-corrected chi connectivity index (χ4v) is 1.47. The summed E-state index contributed by atoms with van der Waals surface area (Å²) in [4.78, 5) is 0. The van der Waals surface area contributed by atoms with Crippen LogP contribution < -0.4 is 4.74 Å². The van der Waals surface area contributed by atoms with Gasteiger partial charge in [0.15, 0.2) is 0 Å². The molecule has 1 aromatic carbocycles. The molecule has 0 aliphatic carbocycles. The van der Waals surface area contributed by atoms with E-state index in [0.29, 0.717) is 5.33 Å². The molecule has 1 atom stereocenters. The molecule has 0 amide bonds. The summed E-state index contributed by atoms with van der Waals surface area (Å²) in [6.45, 7) is 2.81. The number of hydrogen-bond donors (Lipinski definition) is 1. The molecule has 0 heterocycles. The van der Waals surface area contributed by atoms with Gasteiger partial charge in [0.05, 0.1) is 12.7 Å². The van der Waals surface area contributed by atoms with Crippen molar-refractivity contribution in [3.63, 3.8) is 0 Å². The van der Waals surface area contributed by atoms with Crippen LogP contribution in [0, 0.1) is 0 Å². The van der Waals surface area contributed by atoms with Crippen molar-refractivity contribution in [2.45, 2.75) is 19.4 Å². The quantitative estimate of drug-likeness (QED) is 0.824. The molecule has 0 saturated carbocycles. The third-order valence-electron chi connectivity index (χ3n) is 1.88. The molecule has 0 fully saturated rings. The third kappa shape index (κ3) is 3.31. The molecule has 2 nitrogen and oxygen atoms in total. The highest BCUT2D eigenvalue weighted by atomic mass is 79.9. The minimum atomic E-state index is -0.435. The maximum Gasteiger partial charge on any atom is 0.119 e. The summed E-state index contributed by atoms with van der Waals surface area (Å²) in [6, 6.07) is 7.54. The molecule has 1 aromatic rings. The highest BCUT2D eigenvalue weighted by molar-refractivity contribution is 9.09. The number of aliphatic hydroxyl groups excluding tert-OH is 1. The second-order valence-corrected chi connectivity index (χ2v) is 3.74. The van der Waals surface area contributed by atoms with Crippen molar-refractivity contribution in [2.24, 2.45) is 0 Å². The Morgan fingerprint density at radius 1 is 1.36 bits per heavy atom. The van der Waals surface area contributed by atoms with Crippen molar-refractivity contribution in [3.05, 3.63) is 29.8 Å². The summed E-state index contributed by atoms with van der Waals surface area (Å²) in [5, 5.41) is 10.1. The smallest absolute Gasteiger partial charge is 0.119 e. The molecule has 78 valence electrons. The third-order valence-corrected chi connectivity index (χ3v) is 2.50. The first-order chi connectivity index (χ1) is 6.77. The van der Waals surface area contributed by atoms with Crippen molar-refractivity contribution >= 4 is 15.9 Å². The van der Waals surface area contributed by atoms with E-state index in [2.05, 4.69) is 22.9 Å². The molecular formula is C11H15BrO2. The molecule has 3 heteroatoms. The topological polar surface area (TPSA) is 29.5 Å². The number of aliphatic hydroxyl groups is 1. The van der Waals surface area contributed by atoms with Gasteiger partial charge in [-0.2, -0.15) is 0 Å². The van der Waals surface area contributed by atoms with Gasteiger partial charge >= 0.3 is 0 Å². The van der Waals surface area contributed by atoms with Crippen LogP contribution >= 0.6 is 15.9 Å². The van der Waals surface area contributed by atoms with Crippen LogP contribution in [0.1, 0.15) is 25.0 Å². The van der Waals surface area contributed by atoms with E-state index in [1.807, 2.05) is 24.3 Å². The summed E-state index contributed by atoms with van der Waals surface area (Å²) in [6.07, 6.45) is 0.571. The van der Waals surface area contributed by atoms with Crippen LogP contribution in [0.4, 0.5) is 0 Å². The largest absolute Gasteiger partial charge is 0.494 e. The summed E-state index contributed by atoms with van der Waals surface area (Å²) in [5.74, 6) is 0.859. The Hall–Kier alpha value is -0.540. The zero-order valence-corrected chi connectivity index (χ0v) is 9.83. The molecule has 0 aliphatic heterocycles. The van der Waals surface area contributed by atoms with E-state index in [4.69, 9.17) is 4.74 Å². The Kier molecular flexibility index (Phi) is 4.98. The molecule has 14 heavy (non-hydrogen) atoms. The van der Waals surface area contributed by atoms with Gasteiger partial charge in [-0.25, -0.2) is 0 Å². The Labute approximate surface area is 93.0 Å². The second kappa shape index (κ2) is 6.04. The number of hydrogen-bond acceptors (Lipinski definition) is 2. The predicted octanol–water partition coefficient (Wildman–Crippen LogP) is 2.90. The first kappa shape index (κ1) is 11.5. The highest BCUT2D eigenvalue weighted by Crippen LogP contribution is 2.19. The van der Waals surface area contributed by atoms with Crippen molar-refractivity contribution in [1.82, 2.24) is 0 Å². The number of ether oxygens (including phenoxy) is 1. The van der Waals surface area contributed by atoms with Gasteiger partial charge in [0.1, 0.15) is 5.75 Å². The van der Waals surface area contributed by atoms with Crippen LogP contribution in [-0.4, -0.2) is 17.0 Å². The summed E-state index contributed by atoms with van der Waals surface area (Å²) in [5.41, 5.74) is 0.908. The summed E-state index contributed by atoms with van der Waals surface area (Å²) >= 11 is 3.23. The first-order valence-corrected chi connectivity index (χ1v) is 5.87. The van der Waals surface area contributed by atoms with Crippen LogP contribution in [0.3, 0.4) is 0 Å². The lowest BCUT2D eigenvalue weighted by atomic mass is 10.1. The Balaban J connectivity index is 2.59. The number of alkyl halides is 1. The van der Waals surface area contributed by atoms with Crippen LogP contribution in [0.5, 0.6) is 5.75 Å². The second-order valence-electron chi connectivity index (χ2n) is 3.09. The minimum absolute atomic E-state index is 0.435. The van der Waals surface area contributed by atoms with E-state index in [0.717, 1.165) is 24.3 Å². The van der Waals surface area contributed by atoms with E-state index in [1.165, 1.54) is 0 Å². The SMILES string of the molecule is CCCOc1ccc([C@H](O)CBr)cc1. The van der Waals surface area contributed by atoms with Gasteiger partial charge in [0, 0.05) is 5.33 Å². The van der Waals surface area contributed by atoms with Gasteiger partial charge < -0.3 is 9.84 Å². The molecule has 0 bridgehead atoms. The van der Waals surface area contributed by atoms with E-state index in [-0.39, 0.29) is 0 Å². The van der Waals surface area contributed by atoms with Crippen molar-refractivity contribution < 1.29 is 9.84 Å². The minimum Gasteiger partial charge on any atom is -0.494 e. The van der Waals surface area contributed by atoms with E-state index in [1.54, 1.807) is 0 Å². The van der Waals surface area contributed by atoms with Gasteiger partial charge in [-0.15, -0.1) is 0 Å². The first-order valence-electron chi connectivity index (χ1n) is 4.74. The van der Waals surface area contributed by atoms with Gasteiger partial charge in [-0.05, 0) is 24.1 Å². The lowest BCUT2D eigenvalue weighted by Gasteiger charge is -2.08. The normalized spacial score (nSPS) is 12.5.